The minimum Gasteiger partial charge on any atom is -0.508 e. The number of piperidine rings is 1. The minimum absolute atomic E-state index is 0.317. The van der Waals surface area contributed by atoms with E-state index < -0.39 is 0 Å². The fourth-order valence-electron chi connectivity index (χ4n) is 3.58. The number of nitrogens with zero attached hydrogens (tertiary/aromatic N) is 2. The Morgan fingerprint density at radius 2 is 1.84 bits per heavy atom. The van der Waals surface area contributed by atoms with Crippen molar-refractivity contribution in [1.29, 1.82) is 0 Å². The third-order valence-corrected chi connectivity index (χ3v) is 5.07. The molecule has 0 aliphatic carbocycles. The van der Waals surface area contributed by atoms with Gasteiger partial charge in [-0.3, -0.25) is 9.88 Å². The summed E-state index contributed by atoms with van der Waals surface area (Å²) in [4.78, 5) is 6.72. The van der Waals surface area contributed by atoms with Crippen LogP contribution in [0.15, 0.2) is 54.9 Å². The van der Waals surface area contributed by atoms with Gasteiger partial charge in [0, 0.05) is 41.5 Å². The van der Waals surface area contributed by atoms with Gasteiger partial charge >= 0.3 is 0 Å². The number of rotatable bonds is 3. The molecule has 2 aromatic carbocycles. The summed E-state index contributed by atoms with van der Waals surface area (Å²) in [6.07, 6.45) is 5.75. The maximum atomic E-state index is 10.5. The molecule has 128 valence electrons. The van der Waals surface area contributed by atoms with Crippen LogP contribution < -0.4 is 5.73 Å². The largest absolute Gasteiger partial charge is 0.508 e. The maximum absolute atomic E-state index is 10.5. The van der Waals surface area contributed by atoms with Gasteiger partial charge in [-0.05, 0) is 49.0 Å². The quantitative estimate of drug-likeness (QED) is 0.770. The zero-order valence-electron chi connectivity index (χ0n) is 14.2. The second-order valence-electron chi connectivity index (χ2n) is 6.87. The second-order valence-corrected chi connectivity index (χ2v) is 6.87. The van der Waals surface area contributed by atoms with Crippen molar-refractivity contribution in [2.24, 2.45) is 5.73 Å². The highest BCUT2D eigenvalue weighted by Crippen LogP contribution is 2.32. The molecule has 2 heterocycles. The Balaban J connectivity index is 1.72. The van der Waals surface area contributed by atoms with Gasteiger partial charge < -0.3 is 10.8 Å². The van der Waals surface area contributed by atoms with Crippen molar-refractivity contribution in [2.45, 2.75) is 25.4 Å². The van der Waals surface area contributed by atoms with E-state index in [9.17, 15) is 5.11 Å². The number of phenols is 1. The van der Waals surface area contributed by atoms with Crippen molar-refractivity contribution < 1.29 is 5.11 Å². The van der Waals surface area contributed by atoms with E-state index in [0.717, 1.165) is 59.9 Å². The normalized spacial score (nSPS) is 16.4. The van der Waals surface area contributed by atoms with E-state index in [2.05, 4.69) is 28.1 Å². The van der Waals surface area contributed by atoms with Crippen LogP contribution in [0.25, 0.3) is 21.9 Å². The maximum Gasteiger partial charge on any atom is 0.120 e. The van der Waals surface area contributed by atoms with E-state index in [-0.39, 0.29) is 0 Å². The van der Waals surface area contributed by atoms with Crippen LogP contribution in [0.5, 0.6) is 5.75 Å². The van der Waals surface area contributed by atoms with Crippen LogP contribution >= 0.6 is 0 Å². The summed E-state index contributed by atoms with van der Waals surface area (Å²) in [5.74, 6) is 0.342. The molecule has 0 atom stereocenters. The average molecular weight is 333 g/mol. The van der Waals surface area contributed by atoms with Crippen molar-refractivity contribution in [3.8, 4) is 16.9 Å². The van der Waals surface area contributed by atoms with Crippen molar-refractivity contribution >= 4 is 10.8 Å². The third kappa shape index (κ3) is 3.36. The molecule has 0 amide bonds. The van der Waals surface area contributed by atoms with Gasteiger partial charge in [-0.2, -0.15) is 0 Å². The first kappa shape index (κ1) is 16.1. The van der Waals surface area contributed by atoms with Gasteiger partial charge in [0.25, 0.3) is 0 Å². The zero-order chi connectivity index (χ0) is 17.2. The fraction of sp³-hybridized carbons (Fsp3) is 0.286. The number of hydrogen-bond donors (Lipinski definition) is 2. The number of benzene rings is 2. The molecule has 4 rings (SSSR count). The molecule has 0 unspecified atom stereocenters. The summed E-state index contributed by atoms with van der Waals surface area (Å²) in [7, 11) is 0. The molecule has 4 nitrogen and oxygen atoms in total. The van der Waals surface area contributed by atoms with E-state index in [0.29, 0.717) is 11.8 Å². The van der Waals surface area contributed by atoms with Crippen LogP contribution in [0.1, 0.15) is 18.4 Å². The fourth-order valence-corrected chi connectivity index (χ4v) is 3.58. The Morgan fingerprint density at radius 3 is 2.60 bits per heavy atom. The van der Waals surface area contributed by atoms with Gasteiger partial charge in [0.2, 0.25) is 0 Å². The number of hydrogen-bond acceptors (Lipinski definition) is 4. The van der Waals surface area contributed by atoms with Gasteiger partial charge in [-0.25, -0.2) is 0 Å². The lowest BCUT2D eigenvalue weighted by atomic mass is 9.98. The first-order valence-corrected chi connectivity index (χ1v) is 8.83. The van der Waals surface area contributed by atoms with E-state index >= 15 is 0 Å². The van der Waals surface area contributed by atoms with Crippen LogP contribution in [0.3, 0.4) is 0 Å². The van der Waals surface area contributed by atoms with Crippen LogP contribution in [-0.2, 0) is 6.54 Å². The molecule has 3 aromatic rings. The molecular weight excluding hydrogens is 310 g/mol. The topological polar surface area (TPSA) is 62.4 Å². The minimum atomic E-state index is 0.317. The molecule has 1 aromatic heterocycles. The van der Waals surface area contributed by atoms with Crippen molar-refractivity contribution in [1.82, 2.24) is 9.88 Å². The molecule has 25 heavy (non-hydrogen) atoms. The Labute approximate surface area is 147 Å². The van der Waals surface area contributed by atoms with Crippen LogP contribution in [0, 0.1) is 0 Å². The Bertz CT molecular complexity index is 871. The standard InChI is InChI=1S/C21H23N3O/c22-18-6-8-24(9-7-18)14-17-10-19-16(11-21(17)25)12-23-13-20(19)15-4-2-1-3-5-15/h1-5,10-13,18,25H,6-9,14,22H2. The lowest BCUT2D eigenvalue weighted by molar-refractivity contribution is 0.204. The van der Waals surface area contributed by atoms with E-state index in [1.54, 1.807) is 0 Å². The number of likely N-dealkylation sites (tertiary alicyclic amines) is 1. The SMILES string of the molecule is NC1CCN(Cc2cc3c(-c4ccccc4)cncc3cc2O)CC1. The molecule has 1 aliphatic rings. The summed E-state index contributed by atoms with van der Waals surface area (Å²) in [6, 6.07) is 14.5. The predicted octanol–water partition coefficient (Wildman–Crippen LogP) is 3.53. The molecule has 3 N–H and O–H groups in total. The molecule has 1 fully saturated rings. The number of aromatic nitrogens is 1. The molecule has 0 radical (unpaired) electrons. The van der Waals surface area contributed by atoms with Crippen molar-refractivity contribution in [3.63, 3.8) is 0 Å². The summed E-state index contributed by atoms with van der Waals surface area (Å²) in [6.45, 7) is 2.73. The molecule has 1 aliphatic heterocycles. The third-order valence-electron chi connectivity index (χ3n) is 5.07. The van der Waals surface area contributed by atoms with Gasteiger partial charge in [0.05, 0.1) is 0 Å². The van der Waals surface area contributed by atoms with Gasteiger partial charge in [-0.15, -0.1) is 0 Å². The molecule has 0 spiro atoms. The lowest BCUT2D eigenvalue weighted by Crippen LogP contribution is -2.39. The van der Waals surface area contributed by atoms with E-state index in [4.69, 9.17) is 5.73 Å². The van der Waals surface area contributed by atoms with Crippen molar-refractivity contribution in [2.75, 3.05) is 13.1 Å². The smallest absolute Gasteiger partial charge is 0.120 e. The molecular formula is C21H23N3O. The Hall–Kier alpha value is -2.43. The first-order valence-electron chi connectivity index (χ1n) is 8.83. The second kappa shape index (κ2) is 6.82. The zero-order valence-corrected chi connectivity index (χ0v) is 14.2. The van der Waals surface area contributed by atoms with Gasteiger partial charge in [0.1, 0.15) is 5.75 Å². The number of fused-ring (bicyclic) bond motifs is 1. The van der Waals surface area contributed by atoms with Crippen molar-refractivity contribution in [3.05, 3.63) is 60.4 Å². The summed E-state index contributed by atoms with van der Waals surface area (Å²) >= 11 is 0. The molecule has 4 heteroatoms. The van der Waals surface area contributed by atoms with Gasteiger partial charge in [0.15, 0.2) is 0 Å². The highest BCUT2D eigenvalue weighted by Gasteiger charge is 2.18. The number of pyridine rings is 1. The summed E-state index contributed by atoms with van der Waals surface area (Å²) < 4.78 is 0. The highest BCUT2D eigenvalue weighted by atomic mass is 16.3. The number of aromatic hydroxyl groups is 1. The van der Waals surface area contributed by atoms with Crippen LogP contribution in [0.2, 0.25) is 0 Å². The molecule has 1 saturated heterocycles. The molecule has 0 saturated carbocycles. The predicted molar refractivity (Wildman–Crippen MR) is 101 cm³/mol. The first-order chi connectivity index (χ1) is 12.2. The summed E-state index contributed by atoms with van der Waals surface area (Å²) in [5.41, 5.74) is 9.20. The molecule has 0 bridgehead atoms. The lowest BCUT2D eigenvalue weighted by Gasteiger charge is -2.30. The monoisotopic (exact) mass is 333 g/mol. The van der Waals surface area contributed by atoms with Gasteiger partial charge in [-0.1, -0.05) is 30.3 Å². The Kier molecular flexibility index (Phi) is 4.38. The van der Waals surface area contributed by atoms with E-state index in [1.807, 2.05) is 36.7 Å². The van der Waals surface area contributed by atoms with Crippen LogP contribution in [-0.4, -0.2) is 34.1 Å². The average Bonchev–Trinajstić information content (AvgIpc) is 2.64. The number of phenolic OH excluding ortho intramolecular Hbond substituents is 1. The van der Waals surface area contributed by atoms with Crippen LogP contribution in [0.4, 0.5) is 0 Å². The highest BCUT2D eigenvalue weighted by molar-refractivity contribution is 5.97. The Morgan fingerprint density at radius 1 is 1.08 bits per heavy atom. The number of nitrogens with two attached hydrogens (primary N) is 1. The van der Waals surface area contributed by atoms with E-state index in [1.165, 1.54) is 0 Å². The summed E-state index contributed by atoms with van der Waals surface area (Å²) in [5, 5.41) is 12.6.